The van der Waals surface area contributed by atoms with Crippen molar-refractivity contribution in [2.75, 3.05) is 6.54 Å². The lowest BCUT2D eigenvalue weighted by Crippen LogP contribution is -2.44. The number of hydrogen-bond donors (Lipinski definition) is 2. The van der Waals surface area contributed by atoms with E-state index in [1.807, 2.05) is 20.8 Å². The number of nitrogens with one attached hydrogen (secondary N) is 2. The standard InChI is InChI=1S/C10H20N2O2/c1-7-8(5-6-11-7)12-9(13)14-10(2,3)4/h7-8,11H,5-6H2,1-4H3,(H,12,13)/t7-,8+/m0/s1. The molecule has 2 N–H and O–H groups in total. The quantitative estimate of drug-likeness (QED) is 0.670. The van der Waals surface area contributed by atoms with E-state index in [-0.39, 0.29) is 12.1 Å². The monoisotopic (exact) mass is 200 g/mol. The van der Waals surface area contributed by atoms with Crippen molar-refractivity contribution >= 4 is 6.09 Å². The molecule has 1 fully saturated rings. The van der Waals surface area contributed by atoms with Crippen molar-refractivity contribution in [3.8, 4) is 0 Å². The Morgan fingerprint density at radius 3 is 2.57 bits per heavy atom. The summed E-state index contributed by atoms with van der Waals surface area (Å²) < 4.78 is 5.17. The molecule has 4 nitrogen and oxygen atoms in total. The fourth-order valence-corrected chi connectivity index (χ4v) is 1.51. The van der Waals surface area contributed by atoms with Crippen LogP contribution in [0.25, 0.3) is 0 Å². The Hall–Kier alpha value is -0.770. The molecular weight excluding hydrogens is 180 g/mol. The van der Waals surface area contributed by atoms with Crippen LogP contribution in [0.2, 0.25) is 0 Å². The molecule has 0 aromatic carbocycles. The molecule has 0 aromatic rings. The summed E-state index contributed by atoms with van der Waals surface area (Å²) in [6, 6.07) is 0.535. The van der Waals surface area contributed by atoms with E-state index >= 15 is 0 Å². The van der Waals surface area contributed by atoms with E-state index in [9.17, 15) is 4.79 Å². The highest BCUT2D eigenvalue weighted by molar-refractivity contribution is 5.68. The molecule has 1 rings (SSSR count). The van der Waals surface area contributed by atoms with Gasteiger partial charge in [0.15, 0.2) is 0 Å². The van der Waals surface area contributed by atoms with E-state index in [2.05, 4.69) is 17.6 Å². The Morgan fingerprint density at radius 2 is 2.14 bits per heavy atom. The maximum Gasteiger partial charge on any atom is 0.407 e. The Labute approximate surface area is 85.4 Å². The zero-order chi connectivity index (χ0) is 10.8. The van der Waals surface area contributed by atoms with E-state index in [0.717, 1.165) is 13.0 Å². The number of amides is 1. The first-order valence-corrected chi connectivity index (χ1v) is 5.11. The summed E-state index contributed by atoms with van der Waals surface area (Å²) in [6.07, 6.45) is 0.651. The lowest BCUT2D eigenvalue weighted by molar-refractivity contribution is 0.0501. The zero-order valence-corrected chi connectivity index (χ0v) is 9.39. The van der Waals surface area contributed by atoms with Crippen LogP contribution in [0.4, 0.5) is 4.79 Å². The first-order valence-electron chi connectivity index (χ1n) is 5.11. The molecule has 0 aromatic heterocycles. The fraction of sp³-hybridized carbons (Fsp3) is 0.900. The highest BCUT2D eigenvalue weighted by Crippen LogP contribution is 2.10. The summed E-state index contributed by atoms with van der Waals surface area (Å²) in [5.74, 6) is 0. The molecule has 0 saturated carbocycles. The van der Waals surface area contributed by atoms with Crippen LogP contribution in [0.15, 0.2) is 0 Å². The summed E-state index contributed by atoms with van der Waals surface area (Å²) in [4.78, 5) is 11.4. The second kappa shape index (κ2) is 4.17. The minimum absolute atomic E-state index is 0.199. The van der Waals surface area contributed by atoms with E-state index in [0.29, 0.717) is 6.04 Å². The minimum atomic E-state index is -0.417. The van der Waals surface area contributed by atoms with Gasteiger partial charge >= 0.3 is 6.09 Å². The van der Waals surface area contributed by atoms with Crippen molar-refractivity contribution in [2.45, 2.75) is 51.8 Å². The van der Waals surface area contributed by atoms with Crippen molar-refractivity contribution in [1.82, 2.24) is 10.6 Å². The van der Waals surface area contributed by atoms with Crippen molar-refractivity contribution in [3.05, 3.63) is 0 Å². The Balaban J connectivity index is 2.33. The Bertz CT molecular complexity index is 211. The maximum absolute atomic E-state index is 11.4. The van der Waals surface area contributed by atoms with Gasteiger partial charge in [-0.15, -0.1) is 0 Å². The smallest absolute Gasteiger partial charge is 0.407 e. The second-order valence-electron chi connectivity index (χ2n) is 4.78. The Morgan fingerprint density at radius 1 is 1.50 bits per heavy atom. The van der Waals surface area contributed by atoms with Gasteiger partial charge in [-0.25, -0.2) is 4.79 Å². The SMILES string of the molecule is C[C@@H]1NCC[C@H]1NC(=O)OC(C)(C)C. The first kappa shape index (κ1) is 11.3. The van der Waals surface area contributed by atoms with Gasteiger partial charge in [0.05, 0.1) is 0 Å². The van der Waals surface area contributed by atoms with Crippen LogP contribution in [0.1, 0.15) is 34.1 Å². The average Bonchev–Trinajstić information content (AvgIpc) is 2.32. The van der Waals surface area contributed by atoms with Crippen LogP contribution in [0.3, 0.4) is 0 Å². The third kappa shape index (κ3) is 3.54. The molecule has 4 heteroatoms. The largest absolute Gasteiger partial charge is 0.444 e. The molecule has 0 aliphatic carbocycles. The number of ether oxygens (including phenoxy) is 1. The van der Waals surface area contributed by atoms with Crippen LogP contribution in [-0.4, -0.2) is 30.3 Å². The van der Waals surface area contributed by atoms with Crippen LogP contribution < -0.4 is 10.6 Å². The highest BCUT2D eigenvalue weighted by atomic mass is 16.6. The van der Waals surface area contributed by atoms with Gasteiger partial charge in [-0.05, 0) is 40.7 Å². The van der Waals surface area contributed by atoms with Gasteiger partial charge in [0.25, 0.3) is 0 Å². The third-order valence-corrected chi connectivity index (χ3v) is 2.23. The molecule has 14 heavy (non-hydrogen) atoms. The van der Waals surface area contributed by atoms with Crippen LogP contribution >= 0.6 is 0 Å². The summed E-state index contributed by atoms with van der Waals surface area (Å²) in [7, 11) is 0. The van der Waals surface area contributed by atoms with Gasteiger partial charge in [0.1, 0.15) is 5.60 Å². The van der Waals surface area contributed by atoms with Crippen molar-refractivity contribution in [2.24, 2.45) is 0 Å². The number of rotatable bonds is 1. The molecule has 2 atom stereocenters. The summed E-state index contributed by atoms with van der Waals surface area (Å²) in [6.45, 7) is 8.62. The van der Waals surface area contributed by atoms with Crippen molar-refractivity contribution < 1.29 is 9.53 Å². The number of carbonyl (C=O) groups excluding carboxylic acids is 1. The van der Waals surface area contributed by atoms with Crippen molar-refractivity contribution in [1.29, 1.82) is 0 Å². The van der Waals surface area contributed by atoms with Crippen LogP contribution in [-0.2, 0) is 4.74 Å². The molecule has 0 radical (unpaired) electrons. The lowest BCUT2D eigenvalue weighted by atomic mass is 10.1. The van der Waals surface area contributed by atoms with Crippen LogP contribution in [0, 0.1) is 0 Å². The fourth-order valence-electron chi connectivity index (χ4n) is 1.51. The summed E-state index contributed by atoms with van der Waals surface area (Å²) in [5.41, 5.74) is -0.417. The molecule has 1 amide bonds. The minimum Gasteiger partial charge on any atom is -0.444 e. The van der Waals surface area contributed by atoms with E-state index in [1.165, 1.54) is 0 Å². The molecule has 1 saturated heterocycles. The highest BCUT2D eigenvalue weighted by Gasteiger charge is 2.26. The first-order chi connectivity index (χ1) is 6.38. The molecule has 82 valence electrons. The lowest BCUT2D eigenvalue weighted by Gasteiger charge is -2.23. The normalized spacial score (nSPS) is 27.4. The molecule has 0 unspecified atom stereocenters. The summed E-state index contributed by atoms with van der Waals surface area (Å²) in [5, 5.41) is 6.13. The van der Waals surface area contributed by atoms with Gasteiger partial charge in [0, 0.05) is 12.1 Å². The topological polar surface area (TPSA) is 50.4 Å². The molecular formula is C10H20N2O2. The molecule has 0 bridgehead atoms. The predicted octanol–water partition coefficient (Wildman–Crippen LogP) is 1.26. The van der Waals surface area contributed by atoms with E-state index in [1.54, 1.807) is 0 Å². The maximum atomic E-state index is 11.4. The summed E-state index contributed by atoms with van der Waals surface area (Å²) >= 11 is 0. The molecule has 1 heterocycles. The Kier molecular flexibility index (Phi) is 3.37. The average molecular weight is 200 g/mol. The van der Waals surface area contributed by atoms with Crippen LogP contribution in [0.5, 0.6) is 0 Å². The second-order valence-corrected chi connectivity index (χ2v) is 4.78. The van der Waals surface area contributed by atoms with Gasteiger partial charge in [0.2, 0.25) is 0 Å². The van der Waals surface area contributed by atoms with Gasteiger partial charge in [-0.2, -0.15) is 0 Å². The van der Waals surface area contributed by atoms with E-state index in [4.69, 9.17) is 4.74 Å². The van der Waals surface area contributed by atoms with Crippen molar-refractivity contribution in [3.63, 3.8) is 0 Å². The van der Waals surface area contributed by atoms with Gasteiger partial charge in [-0.3, -0.25) is 0 Å². The molecule has 1 aliphatic heterocycles. The number of alkyl carbamates (subject to hydrolysis) is 1. The third-order valence-electron chi connectivity index (χ3n) is 2.23. The number of hydrogen-bond acceptors (Lipinski definition) is 3. The molecule has 0 spiro atoms. The van der Waals surface area contributed by atoms with Gasteiger partial charge in [-0.1, -0.05) is 0 Å². The number of carbonyl (C=O) groups is 1. The zero-order valence-electron chi connectivity index (χ0n) is 9.39. The van der Waals surface area contributed by atoms with Gasteiger partial charge < -0.3 is 15.4 Å². The predicted molar refractivity (Wildman–Crippen MR) is 55.2 cm³/mol. The van der Waals surface area contributed by atoms with E-state index < -0.39 is 5.60 Å². The molecule has 1 aliphatic rings.